The molecule has 8 heteroatoms. The van der Waals surface area contributed by atoms with Crippen LogP contribution in [0.15, 0.2) is 70.7 Å². The van der Waals surface area contributed by atoms with Crippen molar-refractivity contribution in [3.05, 3.63) is 92.7 Å². The van der Waals surface area contributed by atoms with E-state index in [-0.39, 0.29) is 27.7 Å². The van der Waals surface area contributed by atoms with Gasteiger partial charge in [0.05, 0.1) is 23.7 Å². The Morgan fingerprint density at radius 1 is 1.11 bits per heavy atom. The molecule has 0 radical (unpaired) electrons. The largest absolute Gasteiger partial charge is 0.496 e. The summed E-state index contributed by atoms with van der Waals surface area (Å²) in [6, 6.07) is 18.2. The SMILES string of the molecule is COc1cc([N+](=O)[O-])c(Cl)cc1-c1ccc([C@H]2Nc3ccc4ccccc4c3C3=C2C(=O)CC(C)(C)C3)o1. The topological polar surface area (TPSA) is 94.6 Å². The third-order valence-electron chi connectivity index (χ3n) is 7.38. The van der Waals surface area contributed by atoms with Crippen molar-refractivity contribution < 1.29 is 18.9 Å². The van der Waals surface area contributed by atoms with Crippen LogP contribution in [-0.2, 0) is 4.79 Å². The minimum absolute atomic E-state index is 0.0185. The number of fused-ring (bicyclic) bond motifs is 4. The molecule has 6 rings (SSSR count). The molecule has 38 heavy (non-hydrogen) atoms. The number of ether oxygens (including phenoxy) is 1. The van der Waals surface area contributed by atoms with Crippen LogP contribution in [0.4, 0.5) is 11.4 Å². The number of nitro groups is 1. The van der Waals surface area contributed by atoms with Crippen LogP contribution in [0.1, 0.15) is 44.1 Å². The first-order chi connectivity index (χ1) is 18.2. The van der Waals surface area contributed by atoms with E-state index in [1.165, 1.54) is 19.2 Å². The molecule has 1 N–H and O–H groups in total. The number of carbonyl (C=O) groups is 1. The highest BCUT2D eigenvalue weighted by atomic mass is 35.5. The summed E-state index contributed by atoms with van der Waals surface area (Å²) >= 11 is 6.20. The van der Waals surface area contributed by atoms with Crippen molar-refractivity contribution >= 4 is 45.1 Å². The number of hydrogen-bond donors (Lipinski definition) is 1. The van der Waals surface area contributed by atoms with E-state index in [4.69, 9.17) is 20.8 Å². The highest BCUT2D eigenvalue weighted by Gasteiger charge is 2.41. The molecule has 0 spiro atoms. The van der Waals surface area contributed by atoms with Gasteiger partial charge in [-0.25, -0.2) is 0 Å². The van der Waals surface area contributed by atoms with E-state index < -0.39 is 11.0 Å². The van der Waals surface area contributed by atoms with Crippen molar-refractivity contribution in [3.63, 3.8) is 0 Å². The molecule has 0 unspecified atom stereocenters. The van der Waals surface area contributed by atoms with Crippen LogP contribution in [-0.4, -0.2) is 17.8 Å². The lowest BCUT2D eigenvalue weighted by Crippen LogP contribution is -2.33. The van der Waals surface area contributed by atoms with E-state index in [1.807, 2.05) is 18.2 Å². The molecule has 4 aromatic rings. The fourth-order valence-corrected chi connectivity index (χ4v) is 5.98. The van der Waals surface area contributed by atoms with Gasteiger partial charge in [-0.1, -0.05) is 55.8 Å². The number of carbonyl (C=O) groups excluding carboxylic acids is 1. The quantitative estimate of drug-likeness (QED) is 0.213. The number of halogens is 1. The van der Waals surface area contributed by atoms with Crippen molar-refractivity contribution in [1.29, 1.82) is 0 Å². The fraction of sp³-hybridized carbons (Fsp3) is 0.233. The zero-order valence-electron chi connectivity index (χ0n) is 21.1. The Kier molecular flexibility index (Phi) is 5.58. The zero-order chi connectivity index (χ0) is 26.8. The number of furan rings is 1. The van der Waals surface area contributed by atoms with Crippen LogP contribution in [0.5, 0.6) is 5.75 Å². The Morgan fingerprint density at radius 3 is 2.66 bits per heavy atom. The molecular formula is C30H25ClN2O5. The fourth-order valence-electron chi connectivity index (χ4n) is 5.75. The van der Waals surface area contributed by atoms with Crippen LogP contribution in [0, 0.1) is 15.5 Å². The molecule has 0 bridgehead atoms. The first-order valence-corrected chi connectivity index (χ1v) is 12.7. The number of methoxy groups -OCH3 is 1. The maximum Gasteiger partial charge on any atom is 0.291 e. The lowest BCUT2D eigenvalue weighted by molar-refractivity contribution is -0.384. The minimum atomic E-state index is -0.556. The summed E-state index contributed by atoms with van der Waals surface area (Å²) in [5.41, 5.74) is 3.88. The smallest absolute Gasteiger partial charge is 0.291 e. The van der Waals surface area contributed by atoms with Crippen molar-refractivity contribution in [2.45, 2.75) is 32.7 Å². The van der Waals surface area contributed by atoms with Gasteiger partial charge in [-0.3, -0.25) is 14.9 Å². The molecule has 1 aromatic heterocycles. The van der Waals surface area contributed by atoms with Gasteiger partial charge in [0.2, 0.25) is 0 Å². The van der Waals surface area contributed by atoms with Crippen LogP contribution >= 0.6 is 11.6 Å². The Labute approximate surface area is 224 Å². The number of nitro benzene ring substituents is 1. The highest BCUT2D eigenvalue weighted by Crippen LogP contribution is 2.52. The van der Waals surface area contributed by atoms with Crippen molar-refractivity contribution in [3.8, 4) is 17.1 Å². The number of rotatable bonds is 4. The van der Waals surface area contributed by atoms with E-state index >= 15 is 0 Å². The van der Waals surface area contributed by atoms with Gasteiger partial charge < -0.3 is 14.5 Å². The van der Waals surface area contributed by atoms with Crippen LogP contribution in [0.2, 0.25) is 5.02 Å². The standard InChI is InChI=1S/C30H25ClN2O5/c1-30(2)14-19-27-17-7-5-4-6-16(17)8-9-21(27)32-29(28(19)23(34)15-30)25-11-10-24(38-25)18-12-20(31)22(33(35)36)13-26(18)37-3/h4-13,29,32H,14-15H2,1-3H3/t29-/m1/s1. The summed E-state index contributed by atoms with van der Waals surface area (Å²) in [6.45, 7) is 4.26. The lowest BCUT2D eigenvalue weighted by Gasteiger charge is -2.39. The van der Waals surface area contributed by atoms with E-state index in [9.17, 15) is 14.9 Å². The number of allylic oxidation sites excluding steroid dienone is 1. The average Bonchev–Trinajstić information content (AvgIpc) is 3.37. The summed E-state index contributed by atoms with van der Waals surface area (Å²) in [6.07, 6.45) is 1.22. The van der Waals surface area contributed by atoms with Gasteiger partial charge in [0.15, 0.2) is 5.78 Å². The first kappa shape index (κ1) is 24.2. The normalized spacial score (nSPS) is 18.1. The maximum atomic E-state index is 13.7. The number of nitrogens with zero attached hydrogens (tertiary/aromatic N) is 1. The second-order valence-corrected chi connectivity index (χ2v) is 11.0. The number of anilines is 1. The predicted octanol–water partition coefficient (Wildman–Crippen LogP) is 7.98. The zero-order valence-corrected chi connectivity index (χ0v) is 21.9. The monoisotopic (exact) mass is 528 g/mol. The molecule has 2 heterocycles. The second kappa shape index (κ2) is 8.74. The maximum absolute atomic E-state index is 13.7. The number of nitrogens with one attached hydrogen (secondary N) is 1. The third-order valence-corrected chi connectivity index (χ3v) is 7.68. The Morgan fingerprint density at radius 2 is 1.89 bits per heavy atom. The van der Waals surface area contributed by atoms with E-state index in [0.29, 0.717) is 23.5 Å². The second-order valence-electron chi connectivity index (χ2n) is 10.6. The average molecular weight is 529 g/mol. The molecule has 1 atom stereocenters. The molecular weight excluding hydrogens is 504 g/mol. The van der Waals surface area contributed by atoms with Gasteiger partial charge in [0.25, 0.3) is 5.69 Å². The summed E-state index contributed by atoms with van der Waals surface area (Å²) in [5.74, 6) is 1.37. The van der Waals surface area contributed by atoms with Crippen LogP contribution in [0.3, 0.4) is 0 Å². The minimum Gasteiger partial charge on any atom is -0.496 e. The number of Topliss-reactive ketones (excluding diaryl/α,β-unsaturated/α-hetero) is 1. The Bertz CT molecular complexity index is 1680. The van der Waals surface area contributed by atoms with Crippen LogP contribution in [0.25, 0.3) is 27.7 Å². The summed E-state index contributed by atoms with van der Waals surface area (Å²) < 4.78 is 11.7. The summed E-state index contributed by atoms with van der Waals surface area (Å²) in [4.78, 5) is 24.4. The molecule has 1 aliphatic carbocycles. The molecule has 2 aliphatic rings. The van der Waals surface area contributed by atoms with Gasteiger partial charge in [0, 0.05) is 23.2 Å². The molecule has 0 amide bonds. The molecule has 192 valence electrons. The van der Waals surface area contributed by atoms with Crippen molar-refractivity contribution in [1.82, 2.24) is 0 Å². The van der Waals surface area contributed by atoms with Crippen molar-refractivity contribution in [2.24, 2.45) is 5.41 Å². The van der Waals surface area contributed by atoms with E-state index in [2.05, 4.69) is 43.4 Å². The van der Waals surface area contributed by atoms with Gasteiger partial charge in [-0.15, -0.1) is 0 Å². The molecule has 0 fully saturated rings. The predicted molar refractivity (Wildman–Crippen MR) is 148 cm³/mol. The summed E-state index contributed by atoms with van der Waals surface area (Å²) in [5, 5.41) is 17.1. The lowest BCUT2D eigenvalue weighted by atomic mass is 9.68. The summed E-state index contributed by atoms with van der Waals surface area (Å²) in [7, 11) is 1.43. The third kappa shape index (κ3) is 3.85. The molecule has 3 aromatic carbocycles. The van der Waals surface area contributed by atoms with Gasteiger partial charge in [-0.2, -0.15) is 0 Å². The van der Waals surface area contributed by atoms with Gasteiger partial charge >= 0.3 is 0 Å². The molecule has 7 nitrogen and oxygen atoms in total. The van der Waals surface area contributed by atoms with Gasteiger partial charge in [0.1, 0.15) is 28.3 Å². The van der Waals surface area contributed by atoms with Gasteiger partial charge in [-0.05, 0) is 52.4 Å². The number of hydrogen-bond acceptors (Lipinski definition) is 6. The molecule has 0 saturated heterocycles. The number of benzene rings is 3. The number of ketones is 1. The molecule has 1 aliphatic heterocycles. The van der Waals surface area contributed by atoms with E-state index in [0.717, 1.165) is 39.6 Å². The molecule has 0 saturated carbocycles. The first-order valence-electron chi connectivity index (χ1n) is 12.3. The van der Waals surface area contributed by atoms with Crippen molar-refractivity contribution in [2.75, 3.05) is 12.4 Å². The van der Waals surface area contributed by atoms with Crippen LogP contribution < -0.4 is 10.1 Å². The highest BCUT2D eigenvalue weighted by molar-refractivity contribution is 6.33. The van der Waals surface area contributed by atoms with E-state index in [1.54, 1.807) is 6.07 Å². The Hall–Kier alpha value is -4.10. The Balaban J connectivity index is 1.50.